The van der Waals surface area contributed by atoms with Gasteiger partial charge in [0.2, 0.25) is 0 Å². The predicted molar refractivity (Wildman–Crippen MR) is 90.4 cm³/mol. The first-order valence-electron chi connectivity index (χ1n) is 6.93. The van der Waals surface area contributed by atoms with Gasteiger partial charge in [0.1, 0.15) is 0 Å². The van der Waals surface area contributed by atoms with Crippen LogP contribution in [0.25, 0.3) is 0 Å². The highest BCUT2D eigenvalue weighted by Gasteiger charge is 2.11. The number of anilines is 1. The van der Waals surface area contributed by atoms with Crippen LogP contribution < -0.4 is 14.8 Å². The normalized spacial score (nSPS) is 10.3. The molecule has 1 N–H and O–H groups in total. The summed E-state index contributed by atoms with van der Waals surface area (Å²) in [5, 5.41) is 3.41. The van der Waals surface area contributed by atoms with Gasteiger partial charge in [0.05, 0.1) is 18.2 Å². The van der Waals surface area contributed by atoms with Crippen molar-refractivity contribution in [3.05, 3.63) is 52.0 Å². The second-order valence-electron chi connectivity index (χ2n) is 4.77. The summed E-state index contributed by atoms with van der Waals surface area (Å²) in [6.45, 7) is 5.38. The van der Waals surface area contributed by atoms with Gasteiger partial charge in [-0.15, -0.1) is 0 Å². The number of methoxy groups -OCH3 is 1. The standard InChI is InChI=1S/C17H20BrNO2/c1-4-21-17-15(18)9-13(10-16(17)20-3)11-19-14-7-5-6-12(2)8-14/h5-10,19H,4,11H2,1-3H3. The number of ether oxygens (including phenoxy) is 2. The number of hydrogen-bond acceptors (Lipinski definition) is 3. The van der Waals surface area contributed by atoms with Crippen molar-refractivity contribution in [3.63, 3.8) is 0 Å². The van der Waals surface area contributed by atoms with E-state index in [2.05, 4.69) is 52.4 Å². The molecule has 0 saturated carbocycles. The number of halogens is 1. The van der Waals surface area contributed by atoms with Crippen molar-refractivity contribution in [2.24, 2.45) is 0 Å². The van der Waals surface area contributed by atoms with Gasteiger partial charge in [-0.1, -0.05) is 12.1 Å². The Labute approximate surface area is 134 Å². The molecule has 0 fully saturated rings. The van der Waals surface area contributed by atoms with Gasteiger partial charge in [-0.25, -0.2) is 0 Å². The largest absolute Gasteiger partial charge is 0.493 e. The van der Waals surface area contributed by atoms with Gasteiger partial charge in [0, 0.05) is 12.2 Å². The fraction of sp³-hybridized carbons (Fsp3) is 0.294. The summed E-state index contributed by atoms with van der Waals surface area (Å²) in [6, 6.07) is 12.4. The third-order valence-electron chi connectivity index (χ3n) is 3.09. The second-order valence-corrected chi connectivity index (χ2v) is 5.62. The highest BCUT2D eigenvalue weighted by molar-refractivity contribution is 9.10. The van der Waals surface area contributed by atoms with Crippen molar-refractivity contribution >= 4 is 21.6 Å². The Morgan fingerprint density at radius 2 is 2.00 bits per heavy atom. The maximum atomic E-state index is 5.60. The number of nitrogens with one attached hydrogen (secondary N) is 1. The van der Waals surface area contributed by atoms with E-state index in [0.717, 1.165) is 33.8 Å². The van der Waals surface area contributed by atoms with Crippen molar-refractivity contribution in [2.45, 2.75) is 20.4 Å². The minimum Gasteiger partial charge on any atom is -0.493 e. The molecule has 0 unspecified atom stereocenters. The number of rotatable bonds is 6. The van der Waals surface area contributed by atoms with Crippen molar-refractivity contribution in [1.82, 2.24) is 0 Å². The van der Waals surface area contributed by atoms with Crippen LogP contribution in [0.3, 0.4) is 0 Å². The Morgan fingerprint density at radius 3 is 2.67 bits per heavy atom. The summed E-state index contributed by atoms with van der Waals surface area (Å²) in [4.78, 5) is 0. The molecule has 2 aromatic rings. The van der Waals surface area contributed by atoms with Gasteiger partial charge >= 0.3 is 0 Å². The smallest absolute Gasteiger partial charge is 0.175 e. The molecule has 0 atom stereocenters. The molecule has 0 aliphatic heterocycles. The van der Waals surface area contributed by atoms with E-state index in [-0.39, 0.29) is 0 Å². The first kappa shape index (κ1) is 15.7. The molecule has 0 aliphatic rings. The van der Waals surface area contributed by atoms with Gasteiger partial charge < -0.3 is 14.8 Å². The van der Waals surface area contributed by atoms with Gasteiger partial charge in [-0.3, -0.25) is 0 Å². The highest BCUT2D eigenvalue weighted by Crippen LogP contribution is 2.36. The molecule has 3 nitrogen and oxygen atoms in total. The first-order valence-corrected chi connectivity index (χ1v) is 7.73. The monoisotopic (exact) mass is 349 g/mol. The average Bonchev–Trinajstić information content (AvgIpc) is 2.47. The van der Waals surface area contributed by atoms with Crippen LogP contribution in [0.5, 0.6) is 11.5 Å². The van der Waals surface area contributed by atoms with E-state index in [4.69, 9.17) is 9.47 Å². The minimum absolute atomic E-state index is 0.607. The van der Waals surface area contributed by atoms with Gasteiger partial charge in [-0.2, -0.15) is 0 Å². The lowest BCUT2D eigenvalue weighted by atomic mass is 10.2. The third kappa shape index (κ3) is 4.14. The van der Waals surface area contributed by atoms with Crippen molar-refractivity contribution in [2.75, 3.05) is 19.0 Å². The predicted octanol–water partition coefficient (Wildman–Crippen LogP) is 4.78. The Kier molecular flexibility index (Phi) is 5.51. The fourth-order valence-corrected chi connectivity index (χ4v) is 2.72. The quantitative estimate of drug-likeness (QED) is 0.814. The Balaban J connectivity index is 2.15. The lowest BCUT2D eigenvalue weighted by Gasteiger charge is -2.14. The zero-order chi connectivity index (χ0) is 15.2. The van der Waals surface area contributed by atoms with Gasteiger partial charge in [0.15, 0.2) is 11.5 Å². The van der Waals surface area contributed by atoms with Crippen molar-refractivity contribution < 1.29 is 9.47 Å². The Morgan fingerprint density at radius 1 is 1.19 bits per heavy atom. The lowest BCUT2D eigenvalue weighted by molar-refractivity contribution is 0.308. The van der Waals surface area contributed by atoms with Crippen LogP contribution in [0.4, 0.5) is 5.69 Å². The summed E-state index contributed by atoms with van der Waals surface area (Å²) in [5.74, 6) is 1.49. The molecule has 0 aliphatic carbocycles. The van der Waals surface area contributed by atoms with Crippen molar-refractivity contribution in [1.29, 1.82) is 0 Å². The number of hydrogen-bond donors (Lipinski definition) is 1. The van der Waals surface area contributed by atoms with Crippen LogP contribution in [0, 0.1) is 6.92 Å². The van der Waals surface area contributed by atoms with Crippen LogP contribution in [-0.4, -0.2) is 13.7 Å². The van der Waals surface area contributed by atoms with Gasteiger partial charge in [-0.05, 0) is 65.2 Å². The average molecular weight is 350 g/mol. The fourth-order valence-electron chi connectivity index (χ4n) is 2.12. The molecule has 0 radical (unpaired) electrons. The number of aryl methyl sites for hydroxylation is 1. The van der Waals surface area contributed by atoms with E-state index in [1.54, 1.807) is 7.11 Å². The number of benzene rings is 2. The molecule has 21 heavy (non-hydrogen) atoms. The summed E-state index contributed by atoms with van der Waals surface area (Å²) in [5.41, 5.74) is 3.48. The molecule has 2 rings (SSSR count). The van der Waals surface area contributed by atoms with E-state index in [1.165, 1.54) is 5.56 Å². The van der Waals surface area contributed by atoms with E-state index in [0.29, 0.717) is 6.61 Å². The van der Waals surface area contributed by atoms with E-state index >= 15 is 0 Å². The Bertz CT molecular complexity index is 614. The second kappa shape index (κ2) is 7.36. The van der Waals surface area contributed by atoms with Crippen LogP contribution >= 0.6 is 15.9 Å². The molecular weight excluding hydrogens is 330 g/mol. The maximum absolute atomic E-state index is 5.60. The summed E-state index contributed by atoms with van der Waals surface area (Å²) < 4.78 is 11.9. The molecule has 0 aromatic heterocycles. The van der Waals surface area contributed by atoms with Gasteiger partial charge in [0.25, 0.3) is 0 Å². The molecule has 0 amide bonds. The van der Waals surface area contributed by atoms with E-state index in [9.17, 15) is 0 Å². The lowest BCUT2D eigenvalue weighted by Crippen LogP contribution is -2.02. The topological polar surface area (TPSA) is 30.5 Å². The summed E-state index contributed by atoms with van der Waals surface area (Å²) >= 11 is 3.54. The van der Waals surface area contributed by atoms with Crippen LogP contribution in [-0.2, 0) is 6.54 Å². The zero-order valence-corrected chi connectivity index (χ0v) is 14.2. The highest BCUT2D eigenvalue weighted by atomic mass is 79.9. The van der Waals surface area contributed by atoms with Crippen molar-refractivity contribution in [3.8, 4) is 11.5 Å². The molecule has 0 saturated heterocycles. The molecular formula is C17H20BrNO2. The maximum Gasteiger partial charge on any atom is 0.175 e. The van der Waals surface area contributed by atoms with Crippen LogP contribution in [0.15, 0.2) is 40.9 Å². The molecule has 0 heterocycles. The molecule has 0 spiro atoms. The summed E-state index contributed by atoms with van der Waals surface area (Å²) in [7, 11) is 1.65. The SMILES string of the molecule is CCOc1c(Br)cc(CNc2cccc(C)c2)cc1OC. The van der Waals surface area contributed by atoms with Crippen LogP contribution in [0.1, 0.15) is 18.1 Å². The zero-order valence-electron chi connectivity index (χ0n) is 12.6. The van der Waals surface area contributed by atoms with E-state index in [1.807, 2.05) is 19.1 Å². The Hall–Kier alpha value is -1.68. The summed E-state index contributed by atoms with van der Waals surface area (Å²) in [6.07, 6.45) is 0. The molecule has 2 aromatic carbocycles. The minimum atomic E-state index is 0.607. The van der Waals surface area contributed by atoms with E-state index < -0.39 is 0 Å². The molecule has 4 heteroatoms. The third-order valence-corrected chi connectivity index (χ3v) is 3.68. The molecule has 0 bridgehead atoms. The first-order chi connectivity index (χ1) is 10.1. The molecule has 112 valence electrons. The van der Waals surface area contributed by atoms with Crippen LogP contribution in [0.2, 0.25) is 0 Å².